The van der Waals surface area contributed by atoms with Gasteiger partial charge in [-0.25, -0.2) is 4.39 Å². The standard InChI is InChI=1S/C18H23FN2O3/c1-12-16(7-10-24-12)18(23)21-8-5-13(6-9-21)17(22)20-15-4-2-3-14(19)11-15/h2-4,11-13,16H,5-10H2,1H3,(H,20,22)/t12-,16-/m0/s1. The minimum atomic E-state index is -0.374. The summed E-state index contributed by atoms with van der Waals surface area (Å²) >= 11 is 0. The molecule has 2 aliphatic heterocycles. The first-order valence-corrected chi connectivity index (χ1v) is 8.51. The molecule has 0 bridgehead atoms. The Hall–Kier alpha value is -1.95. The van der Waals surface area contributed by atoms with Crippen LogP contribution in [0, 0.1) is 17.7 Å². The minimum Gasteiger partial charge on any atom is -0.378 e. The molecule has 0 aromatic heterocycles. The van der Waals surface area contributed by atoms with Crippen LogP contribution in [0.5, 0.6) is 0 Å². The lowest BCUT2D eigenvalue weighted by molar-refractivity contribution is -0.139. The first-order valence-electron chi connectivity index (χ1n) is 8.51. The normalized spacial score (nSPS) is 24.8. The molecule has 0 aliphatic carbocycles. The van der Waals surface area contributed by atoms with E-state index >= 15 is 0 Å². The van der Waals surface area contributed by atoms with E-state index < -0.39 is 0 Å². The molecule has 2 saturated heterocycles. The summed E-state index contributed by atoms with van der Waals surface area (Å²) in [6, 6.07) is 5.88. The van der Waals surface area contributed by atoms with Crippen LogP contribution >= 0.6 is 0 Å². The predicted octanol–water partition coefficient (Wildman–Crippen LogP) is 2.43. The Labute approximate surface area is 141 Å². The van der Waals surface area contributed by atoms with E-state index in [1.807, 2.05) is 11.8 Å². The molecule has 3 rings (SSSR count). The molecule has 0 spiro atoms. The third kappa shape index (κ3) is 3.75. The van der Waals surface area contributed by atoms with E-state index in [0.717, 1.165) is 6.42 Å². The molecule has 1 N–H and O–H groups in total. The summed E-state index contributed by atoms with van der Waals surface area (Å²) in [7, 11) is 0. The molecule has 0 radical (unpaired) electrons. The average Bonchev–Trinajstić information content (AvgIpc) is 3.00. The van der Waals surface area contributed by atoms with Crippen molar-refractivity contribution in [1.82, 2.24) is 4.90 Å². The summed E-state index contributed by atoms with van der Waals surface area (Å²) < 4.78 is 18.6. The number of likely N-dealkylation sites (tertiary alicyclic amines) is 1. The van der Waals surface area contributed by atoms with Crippen LogP contribution in [0.1, 0.15) is 26.2 Å². The summed E-state index contributed by atoms with van der Waals surface area (Å²) in [5.41, 5.74) is 0.468. The van der Waals surface area contributed by atoms with Gasteiger partial charge in [0.15, 0.2) is 0 Å². The van der Waals surface area contributed by atoms with Gasteiger partial charge in [0.25, 0.3) is 0 Å². The van der Waals surface area contributed by atoms with Crippen LogP contribution in [0.2, 0.25) is 0 Å². The summed E-state index contributed by atoms with van der Waals surface area (Å²) in [6.45, 7) is 3.76. The van der Waals surface area contributed by atoms with E-state index in [4.69, 9.17) is 4.74 Å². The number of hydrogen-bond acceptors (Lipinski definition) is 3. The van der Waals surface area contributed by atoms with Gasteiger partial charge in [0, 0.05) is 31.3 Å². The Kier molecular flexibility index (Phi) is 5.14. The quantitative estimate of drug-likeness (QED) is 0.923. The molecule has 2 heterocycles. The van der Waals surface area contributed by atoms with Crippen molar-refractivity contribution < 1.29 is 18.7 Å². The van der Waals surface area contributed by atoms with Gasteiger partial charge in [-0.1, -0.05) is 6.07 Å². The van der Waals surface area contributed by atoms with Gasteiger partial charge in [0.1, 0.15) is 5.82 Å². The lowest BCUT2D eigenvalue weighted by Crippen LogP contribution is -2.45. The molecule has 1 aromatic carbocycles. The van der Waals surface area contributed by atoms with Crippen LogP contribution in [0.3, 0.4) is 0 Å². The van der Waals surface area contributed by atoms with Crippen molar-refractivity contribution in [2.45, 2.75) is 32.3 Å². The Balaban J connectivity index is 1.51. The fraction of sp³-hybridized carbons (Fsp3) is 0.556. The van der Waals surface area contributed by atoms with Gasteiger partial charge in [0.05, 0.1) is 12.0 Å². The predicted molar refractivity (Wildman–Crippen MR) is 87.9 cm³/mol. The van der Waals surface area contributed by atoms with Gasteiger partial charge in [-0.3, -0.25) is 9.59 Å². The number of nitrogens with zero attached hydrogens (tertiary/aromatic N) is 1. The summed E-state index contributed by atoms with van der Waals surface area (Å²) in [4.78, 5) is 26.7. The highest BCUT2D eigenvalue weighted by atomic mass is 19.1. The van der Waals surface area contributed by atoms with E-state index in [-0.39, 0.29) is 35.6 Å². The fourth-order valence-corrected chi connectivity index (χ4v) is 3.46. The number of piperidine rings is 1. The number of ether oxygens (including phenoxy) is 1. The second kappa shape index (κ2) is 7.30. The van der Waals surface area contributed by atoms with Crippen LogP contribution in [0.4, 0.5) is 10.1 Å². The molecular weight excluding hydrogens is 311 g/mol. The van der Waals surface area contributed by atoms with Crippen molar-refractivity contribution in [2.75, 3.05) is 25.0 Å². The number of amides is 2. The highest BCUT2D eigenvalue weighted by Crippen LogP contribution is 2.26. The van der Waals surface area contributed by atoms with Gasteiger partial charge in [-0.2, -0.15) is 0 Å². The zero-order chi connectivity index (χ0) is 17.1. The van der Waals surface area contributed by atoms with E-state index in [1.165, 1.54) is 12.1 Å². The maximum atomic E-state index is 13.2. The summed E-state index contributed by atoms with van der Waals surface area (Å²) in [6.07, 6.45) is 2.02. The lowest BCUT2D eigenvalue weighted by Gasteiger charge is -2.33. The topological polar surface area (TPSA) is 58.6 Å². The summed E-state index contributed by atoms with van der Waals surface area (Å²) in [5, 5.41) is 2.76. The van der Waals surface area contributed by atoms with Gasteiger partial charge in [-0.15, -0.1) is 0 Å². The molecule has 130 valence electrons. The zero-order valence-corrected chi connectivity index (χ0v) is 13.8. The molecular formula is C18H23FN2O3. The number of carbonyl (C=O) groups excluding carboxylic acids is 2. The monoisotopic (exact) mass is 334 g/mol. The highest BCUT2D eigenvalue weighted by molar-refractivity contribution is 5.92. The number of halogens is 1. The van der Waals surface area contributed by atoms with Crippen LogP contribution in [-0.2, 0) is 14.3 Å². The van der Waals surface area contributed by atoms with Crippen molar-refractivity contribution in [2.24, 2.45) is 11.8 Å². The maximum Gasteiger partial charge on any atom is 0.228 e. The number of carbonyl (C=O) groups is 2. The number of hydrogen-bond donors (Lipinski definition) is 1. The van der Waals surface area contributed by atoms with Crippen molar-refractivity contribution in [3.05, 3.63) is 30.1 Å². The minimum absolute atomic E-state index is 0.0218. The SMILES string of the molecule is C[C@@H]1OCC[C@@H]1C(=O)N1CCC(C(=O)Nc2cccc(F)c2)CC1. The van der Waals surface area contributed by atoms with Gasteiger partial charge >= 0.3 is 0 Å². The lowest BCUT2D eigenvalue weighted by atomic mass is 9.93. The average molecular weight is 334 g/mol. The van der Waals surface area contributed by atoms with Gasteiger partial charge in [-0.05, 0) is 44.4 Å². The number of rotatable bonds is 3. The molecule has 2 fully saturated rings. The Morgan fingerprint density at radius 2 is 2.00 bits per heavy atom. The van der Waals surface area contributed by atoms with Crippen LogP contribution in [0.15, 0.2) is 24.3 Å². The Morgan fingerprint density at radius 1 is 1.25 bits per heavy atom. The second-order valence-electron chi connectivity index (χ2n) is 6.57. The van der Waals surface area contributed by atoms with Crippen molar-refractivity contribution in [3.8, 4) is 0 Å². The maximum absolute atomic E-state index is 13.2. The van der Waals surface area contributed by atoms with Crippen LogP contribution in [-0.4, -0.2) is 42.5 Å². The van der Waals surface area contributed by atoms with Crippen LogP contribution in [0.25, 0.3) is 0 Å². The van der Waals surface area contributed by atoms with E-state index in [0.29, 0.717) is 38.2 Å². The molecule has 2 atom stereocenters. The van der Waals surface area contributed by atoms with E-state index in [2.05, 4.69) is 5.32 Å². The Morgan fingerprint density at radius 3 is 2.62 bits per heavy atom. The zero-order valence-electron chi connectivity index (χ0n) is 13.8. The Bertz CT molecular complexity index is 614. The largest absolute Gasteiger partial charge is 0.378 e. The van der Waals surface area contributed by atoms with Crippen molar-refractivity contribution >= 4 is 17.5 Å². The molecule has 2 aliphatic rings. The highest BCUT2D eigenvalue weighted by Gasteiger charge is 2.36. The number of benzene rings is 1. The molecule has 0 unspecified atom stereocenters. The first kappa shape index (κ1) is 16.9. The number of nitrogens with one attached hydrogen (secondary N) is 1. The van der Waals surface area contributed by atoms with Gasteiger partial charge in [0.2, 0.25) is 11.8 Å². The fourth-order valence-electron chi connectivity index (χ4n) is 3.46. The van der Waals surface area contributed by atoms with Crippen LogP contribution < -0.4 is 5.32 Å². The van der Waals surface area contributed by atoms with Crippen molar-refractivity contribution in [1.29, 1.82) is 0 Å². The third-order valence-electron chi connectivity index (χ3n) is 4.96. The molecule has 5 nitrogen and oxygen atoms in total. The second-order valence-corrected chi connectivity index (χ2v) is 6.57. The molecule has 6 heteroatoms. The molecule has 1 aromatic rings. The van der Waals surface area contributed by atoms with E-state index in [9.17, 15) is 14.0 Å². The summed E-state index contributed by atoms with van der Waals surface area (Å²) in [5.74, 6) is -0.535. The molecule has 24 heavy (non-hydrogen) atoms. The first-order chi connectivity index (χ1) is 11.5. The smallest absolute Gasteiger partial charge is 0.228 e. The number of anilines is 1. The molecule has 2 amide bonds. The molecule has 0 saturated carbocycles. The van der Waals surface area contributed by atoms with Gasteiger partial charge < -0.3 is 15.0 Å². The third-order valence-corrected chi connectivity index (χ3v) is 4.96. The van der Waals surface area contributed by atoms with Crippen molar-refractivity contribution in [3.63, 3.8) is 0 Å². The van der Waals surface area contributed by atoms with E-state index in [1.54, 1.807) is 12.1 Å².